The van der Waals surface area contributed by atoms with Crippen LogP contribution in [0.2, 0.25) is 0 Å². The third-order valence-electron chi connectivity index (χ3n) is 4.43. The number of nitrogens with one attached hydrogen (secondary N) is 1. The second-order valence-electron chi connectivity index (χ2n) is 6.15. The van der Waals surface area contributed by atoms with Gasteiger partial charge in [-0.2, -0.15) is 5.10 Å². The van der Waals surface area contributed by atoms with E-state index in [1.165, 1.54) is 11.1 Å². The topological polar surface area (TPSA) is 67.5 Å². The van der Waals surface area contributed by atoms with Gasteiger partial charge in [-0.05, 0) is 29.3 Å². The molecule has 1 aromatic heterocycles. The van der Waals surface area contributed by atoms with Gasteiger partial charge in [-0.1, -0.05) is 36.4 Å². The molecule has 6 heteroatoms. The van der Waals surface area contributed by atoms with Gasteiger partial charge in [-0.25, -0.2) is 0 Å². The summed E-state index contributed by atoms with van der Waals surface area (Å²) in [5.74, 6) is 1.23. The quantitative estimate of drug-likeness (QED) is 0.768. The maximum Gasteiger partial charge on any atom is 0.274 e. The number of H-pyrrole nitrogens is 1. The van der Waals surface area contributed by atoms with Crippen molar-refractivity contribution < 1.29 is 14.3 Å². The summed E-state index contributed by atoms with van der Waals surface area (Å²) in [6, 6.07) is 17.3. The molecule has 0 unspecified atom stereocenters. The fourth-order valence-corrected chi connectivity index (χ4v) is 3.08. The van der Waals surface area contributed by atoms with E-state index in [0.717, 1.165) is 5.69 Å². The predicted octanol–water partition coefficient (Wildman–Crippen LogP) is 3.15. The van der Waals surface area contributed by atoms with E-state index in [2.05, 4.69) is 22.3 Å². The van der Waals surface area contributed by atoms with Crippen molar-refractivity contribution in [2.24, 2.45) is 0 Å². The first kappa shape index (κ1) is 16.2. The molecule has 1 amide bonds. The molecule has 0 aliphatic carbocycles. The molecule has 26 heavy (non-hydrogen) atoms. The number of aromatic nitrogens is 2. The summed E-state index contributed by atoms with van der Waals surface area (Å²) in [6.07, 6.45) is 0. The van der Waals surface area contributed by atoms with E-state index in [-0.39, 0.29) is 12.5 Å². The molecule has 2 aromatic carbocycles. The number of hydrogen-bond donors (Lipinski definition) is 1. The Kier molecular flexibility index (Phi) is 4.31. The number of methoxy groups -OCH3 is 1. The minimum absolute atomic E-state index is 0.0824. The molecule has 0 saturated heterocycles. The van der Waals surface area contributed by atoms with Gasteiger partial charge in [0.15, 0.2) is 17.2 Å². The van der Waals surface area contributed by atoms with Gasteiger partial charge in [0.05, 0.1) is 12.8 Å². The van der Waals surface area contributed by atoms with Crippen LogP contribution >= 0.6 is 0 Å². The first-order valence-corrected chi connectivity index (χ1v) is 8.41. The molecular formula is C20H19N3O3. The first-order chi connectivity index (χ1) is 12.7. The lowest BCUT2D eigenvalue weighted by Gasteiger charge is -2.13. The molecule has 0 atom stereocenters. The molecule has 4 rings (SSSR count). The van der Waals surface area contributed by atoms with Crippen molar-refractivity contribution in [3.63, 3.8) is 0 Å². The van der Waals surface area contributed by atoms with Crippen LogP contribution in [-0.4, -0.2) is 28.1 Å². The van der Waals surface area contributed by atoms with Gasteiger partial charge in [0, 0.05) is 13.1 Å². The fraction of sp³-hybridized carbons (Fsp3) is 0.200. The molecule has 132 valence electrons. The number of para-hydroxylation sites is 2. The van der Waals surface area contributed by atoms with Crippen LogP contribution in [0.15, 0.2) is 54.6 Å². The third kappa shape index (κ3) is 3.13. The standard InChI is InChI=1S/C20H19N3O3/c1-25-18-8-4-5-9-19(18)26-13-16-10-17(22-21-16)20(24)23-11-14-6-2-3-7-15(14)12-23/h2-10H,11-13H2,1H3,(H,21,22). The van der Waals surface area contributed by atoms with E-state index in [4.69, 9.17) is 9.47 Å². The number of fused-ring (bicyclic) bond motifs is 1. The van der Waals surface area contributed by atoms with Gasteiger partial charge in [-0.3, -0.25) is 9.89 Å². The number of aromatic amines is 1. The summed E-state index contributed by atoms with van der Waals surface area (Å²) in [4.78, 5) is 14.5. The number of amides is 1. The van der Waals surface area contributed by atoms with E-state index in [9.17, 15) is 4.79 Å². The average Bonchev–Trinajstić information content (AvgIpc) is 3.33. The summed E-state index contributed by atoms with van der Waals surface area (Å²) in [7, 11) is 1.60. The first-order valence-electron chi connectivity index (χ1n) is 8.41. The van der Waals surface area contributed by atoms with Crippen molar-refractivity contribution in [1.29, 1.82) is 0 Å². The summed E-state index contributed by atoms with van der Waals surface area (Å²) in [5, 5.41) is 7.03. The summed E-state index contributed by atoms with van der Waals surface area (Å²) in [5.41, 5.74) is 3.51. The largest absolute Gasteiger partial charge is 0.493 e. The van der Waals surface area contributed by atoms with Gasteiger partial charge in [-0.15, -0.1) is 0 Å². The molecule has 0 saturated carbocycles. The number of rotatable bonds is 5. The Morgan fingerprint density at radius 1 is 1.08 bits per heavy atom. The summed E-state index contributed by atoms with van der Waals surface area (Å²) < 4.78 is 11.0. The highest BCUT2D eigenvalue weighted by atomic mass is 16.5. The van der Waals surface area contributed by atoms with E-state index in [1.54, 1.807) is 18.1 Å². The number of carbonyl (C=O) groups excluding carboxylic acids is 1. The van der Waals surface area contributed by atoms with E-state index < -0.39 is 0 Å². The summed E-state index contributed by atoms with van der Waals surface area (Å²) in [6.45, 7) is 1.52. The lowest BCUT2D eigenvalue weighted by molar-refractivity contribution is 0.0745. The van der Waals surface area contributed by atoms with Gasteiger partial charge in [0.1, 0.15) is 6.61 Å². The molecule has 1 aliphatic rings. The van der Waals surface area contributed by atoms with Crippen LogP contribution in [-0.2, 0) is 19.7 Å². The number of benzene rings is 2. The Morgan fingerprint density at radius 3 is 2.42 bits per heavy atom. The van der Waals surface area contributed by atoms with E-state index in [0.29, 0.717) is 30.3 Å². The third-order valence-corrected chi connectivity index (χ3v) is 4.43. The minimum Gasteiger partial charge on any atom is -0.493 e. The molecule has 0 fully saturated rings. The Morgan fingerprint density at radius 2 is 1.73 bits per heavy atom. The van der Waals surface area contributed by atoms with Crippen LogP contribution in [0.25, 0.3) is 0 Å². The monoisotopic (exact) mass is 349 g/mol. The summed E-state index contributed by atoms with van der Waals surface area (Å²) >= 11 is 0. The van der Waals surface area contributed by atoms with Crippen molar-refractivity contribution in [2.75, 3.05) is 7.11 Å². The van der Waals surface area contributed by atoms with Crippen LogP contribution < -0.4 is 9.47 Å². The maximum absolute atomic E-state index is 12.7. The average molecular weight is 349 g/mol. The zero-order valence-corrected chi connectivity index (χ0v) is 14.4. The maximum atomic E-state index is 12.7. The number of ether oxygens (including phenoxy) is 2. The zero-order valence-electron chi connectivity index (χ0n) is 14.4. The highest BCUT2D eigenvalue weighted by molar-refractivity contribution is 5.92. The lowest BCUT2D eigenvalue weighted by atomic mass is 10.1. The van der Waals surface area contributed by atoms with Crippen molar-refractivity contribution >= 4 is 5.91 Å². The van der Waals surface area contributed by atoms with Gasteiger partial charge >= 0.3 is 0 Å². The minimum atomic E-state index is -0.0824. The fourth-order valence-electron chi connectivity index (χ4n) is 3.08. The molecule has 1 aliphatic heterocycles. The molecule has 6 nitrogen and oxygen atoms in total. The van der Waals surface area contributed by atoms with Crippen LogP contribution in [0.1, 0.15) is 27.3 Å². The smallest absolute Gasteiger partial charge is 0.274 e. The highest BCUT2D eigenvalue weighted by Crippen LogP contribution is 2.27. The van der Waals surface area contributed by atoms with Gasteiger partial charge < -0.3 is 14.4 Å². The van der Waals surface area contributed by atoms with Crippen molar-refractivity contribution in [3.8, 4) is 11.5 Å². The molecule has 2 heterocycles. The van der Waals surface area contributed by atoms with Crippen molar-refractivity contribution in [1.82, 2.24) is 15.1 Å². The molecule has 1 N–H and O–H groups in total. The van der Waals surface area contributed by atoms with E-state index in [1.807, 2.05) is 36.4 Å². The molecular weight excluding hydrogens is 330 g/mol. The number of hydrogen-bond acceptors (Lipinski definition) is 4. The normalized spacial score (nSPS) is 12.7. The van der Waals surface area contributed by atoms with Crippen LogP contribution in [0.5, 0.6) is 11.5 Å². The number of carbonyl (C=O) groups is 1. The highest BCUT2D eigenvalue weighted by Gasteiger charge is 2.25. The Labute approximate surface area is 151 Å². The van der Waals surface area contributed by atoms with Gasteiger partial charge in [0.2, 0.25) is 0 Å². The van der Waals surface area contributed by atoms with Crippen molar-refractivity contribution in [2.45, 2.75) is 19.7 Å². The lowest BCUT2D eigenvalue weighted by Crippen LogP contribution is -2.25. The van der Waals surface area contributed by atoms with Gasteiger partial charge in [0.25, 0.3) is 5.91 Å². The van der Waals surface area contributed by atoms with E-state index >= 15 is 0 Å². The van der Waals surface area contributed by atoms with Crippen LogP contribution in [0, 0.1) is 0 Å². The second-order valence-corrected chi connectivity index (χ2v) is 6.15. The Hall–Kier alpha value is -3.28. The second kappa shape index (κ2) is 6.92. The Balaban J connectivity index is 1.41. The van der Waals surface area contributed by atoms with Crippen molar-refractivity contribution in [3.05, 3.63) is 77.1 Å². The molecule has 0 spiro atoms. The number of nitrogens with zero attached hydrogens (tertiary/aromatic N) is 2. The SMILES string of the molecule is COc1ccccc1OCc1cc(C(=O)N2Cc3ccccc3C2)n[nH]1. The van der Waals surface area contributed by atoms with Crippen LogP contribution in [0.4, 0.5) is 0 Å². The predicted molar refractivity (Wildman–Crippen MR) is 95.9 cm³/mol. The van der Waals surface area contributed by atoms with Crippen LogP contribution in [0.3, 0.4) is 0 Å². The molecule has 0 bridgehead atoms. The zero-order chi connectivity index (χ0) is 17.9. The Bertz CT molecular complexity index is 910. The molecule has 3 aromatic rings. The molecule has 0 radical (unpaired) electrons.